The minimum Gasteiger partial charge on any atom is -0.363 e. The van der Waals surface area contributed by atoms with Gasteiger partial charge in [-0.3, -0.25) is 9.78 Å². The van der Waals surface area contributed by atoms with Gasteiger partial charge >= 0.3 is 0 Å². The van der Waals surface area contributed by atoms with Crippen molar-refractivity contribution in [3.8, 4) is 6.07 Å². The standard InChI is InChI=1S/C25H23ClFN7O/c1-16(27)25(35)34-10-9-33(13-18(34)5-7-28)24-19-6-8-32(14-21(19)30-15-31-24)22-12-29-11-17-3-2-4-20(26)23(17)22/h2-4,11-12,15,18H,1,5-6,8-10,13-14H2. The average Bonchev–Trinajstić information content (AvgIpc) is 2.87. The van der Waals surface area contributed by atoms with E-state index in [1.165, 1.54) is 4.90 Å². The van der Waals surface area contributed by atoms with Gasteiger partial charge in [-0.05, 0) is 12.5 Å². The second kappa shape index (κ2) is 9.47. The first-order chi connectivity index (χ1) is 17.0. The fourth-order valence-corrected chi connectivity index (χ4v) is 5.26. The molecular weight excluding hydrogens is 469 g/mol. The normalized spacial score (nSPS) is 17.7. The zero-order valence-corrected chi connectivity index (χ0v) is 19.7. The van der Waals surface area contributed by atoms with Gasteiger partial charge < -0.3 is 14.7 Å². The number of aromatic nitrogens is 3. The lowest BCUT2D eigenvalue weighted by Crippen LogP contribution is -2.55. The second-order valence-corrected chi connectivity index (χ2v) is 9.06. The Kier molecular flexibility index (Phi) is 6.22. The molecule has 1 fully saturated rings. The third-order valence-electron chi connectivity index (χ3n) is 6.64. The Bertz CT molecular complexity index is 1350. The molecule has 4 heterocycles. The van der Waals surface area contributed by atoms with Gasteiger partial charge in [0.2, 0.25) is 0 Å². The number of carbonyl (C=O) groups is 1. The van der Waals surface area contributed by atoms with Gasteiger partial charge in [0, 0.05) is 48.7 Å². The van der Waals surface area contributed by atoms with Crippen molar-refractivity contribution in [1.82, 2.24) is 19.9 Å². The zero-order chi connectivity index (χ0) is 24.5. The Hall–Kier alpha value is -3.77. The largest absolute Gasteiger partial charge is 0.363 e. The molecule has 2 aliphatic rings. The van der Waals surface area contributed by atoms with E-state index in [1.807, 2.05) is 30.6 Å². The van der Waals surface area contributed by atoms with Crippen molar-refractivity contribution in [2.24, 2.45) is 0 Å². The molecule has 1 saturated heterocycles. The van der Waals surface area contributed by atoms with Crippen LogP contribution in [0.5, 0.6) is 0 Å². The molecule has 1 atom stereocenters. The lowest BCUT2D eigenvalue weighted by atomic mass is 10.0. The number of halogens is 2. The maximum atomic E-state index is 13.5. The highest BCUT2D eigenvalue weighted by atomic mass is 35.5. The van der Waals surface area contributed by atoms with Crippen LogP contribution in [0.4, 0.5) is 15.9 Å². The summed E-state index contributed by atoms with van der Waals surface area (Å²) >= 11 is 6.53. The van der Waals surface area contributed by atoms with Crippen LogP contribution in [0.2, 0.25) is 5.02 Å². The van der Waals surface area contributed by atoms with Crippen LogP contribution < -0.4 is 9.80 Å². The Morgan fingerprint density at radius 3 is 2.89 bits per heavy atom. The SMILES string of the molecule is C=C(F)C(=O)N1CCN(c2ncnc3c2CCN(c2cncc4cccc(Cl)c24)C3)CC1CC#N. The van der Waals surface area contributed by atoms with E-state index >= 15 is 0 Å². The molecule has 1 aromatic carbocycles. The number of piperazine rings is 1. The van der Waals surface area contributed by atoms with Crippen molar-refractivity contribution in [1.29, 1.82) is 5.26 Å². The summed E-state index contributed by atoms with van der Waals surface area (Å²) in [6.07, 6.45) is 6.01. The molecule has 2 aliphatic heterocycles. The Balaban J connectivity index is 1.42. The molecule has 0 spiro atoms. The number of hydrogen-bond acceptors (Lipinski definition) is 7. The first-order valence-corrected chi connectivity index (χ1v) is 11.7. The van der Waals surface area contributed by atoms with Crippen molar-refractivity contribution in [3.63, 3.8) is 0 Å². The van der Waals surface area contributed by atoms with E-state index < -0.39 is 17.8 Å². The van der Waals surface area contributed by atoms with E-state index in [9.17, 15) is 14.4 Å². The molecule has 0 aliphatic carbocycles. The number of benzene rings is 1. The quantitative estimate of drug-likeness (QED) is 0.514. The van der Waals surface area contributed by atoms with Crippen LogP contribution in [0, 0.1) is 11.3 Å². The number of rotatable bonds is 4. The number of nitrogens with zero attached hydrogens (tertiary/aromatic N) is 7. The summed E-state index contributed by atoms with van der Waals surface area (Å²) in [5, 5.41) is 11.9. The van der Waals surface area contributed by atoms with E-state index in [4.69, 9.17) is 11.6 Å². The van der Waals surface area contributed by atoms with Crippen LogP contribution in [0.1, 0.15) is 17.7 Å². The van der Waals surface area contributed by atoms with Gasteiger partial charge in [-0.15, -0.1) is 0 Å². The van der Waals surface area contributed by atoms with Gasteiger partial charge in [0.15, 0.2) is 5.83 Å². The third kappa shape index (κ3) is 4.26. The van der Waals surface area contributed by atoms with Crippen molar-refractivity contribution < 1.29 is 9.18 Å². The number of anilines is 2. The van der Waals surface area contributed by atoms with Crippen molar-refractivity contribution >= 4 is 39.8 Å². The van der Waals surface area contributed by atoms with Crippen LogP contribution in [-0.2, 0) is 17.8 Å². The van der Waals surface area contributed by atoms with Crippen molar-refractivity contribution in [3.05, 3.63) is 65.6 Å². The predicted octanol–water partition coefficient (Wildman–Crippen LogP) is 3.65. The Morgan fingerprint density at radius 1 is 1.23 bits per heavy atom. The van der Waals surface area contributed by atoms with Gasteiger partial charge in [0.25, 0.3) is 5.91 Å². The fraction of sp³-hybridized carbons (Fsp3) is 0.320. The number of pyridine rings is 1. The molecule has 10 heteroatoms. The molecular formula is C25H23ClFN7O. The summed E-state index contributed by atoms with van der Waals surface area (Å²) in [6, 6.07) is 7.46. The average molecular weight is 492 g/mol. The van der Waals surface area contributed by atoms with Gasteiger partial charge in [0.1, 0.15) is 12.1 Å². The predicted molar refractivity (Wildman–Crippen MR) is 132 cm³/mol. The van der Waals surface area contributed by atoms with Gasteiger partial charge in [-0.25, -0.2) is 14.4 Å². The van der Waals surface area contributed by atoms with E-state index in [0.717, 1.165) is 46.5 Å². The second-order valence-electron chi connectivity index (χ2n) is 8.66. The summed E-state index contributed by atoms with van der Waals surface area (Å²) in [5.74, 6) is -0.964. The highest BCUT2D eigenvalue weighted by Gasteiger charge is 2.34. The van der Waals surface area contributed by atoms with Crippen LogP contribution in [0.3, 0.4) is 0 Å². The van der Waals surface area contributed by atoms with Gasteiger partial charge in [0.05, 0.1) is 47.7 Å². The van der Waals surface area contributed by atoms with Crippen LogP contribution in [0.25, 0.3) is 10.8 Å². The first kappa shape index (κ1) is 23.0. The van der Waals surface area contributed by atoms with Crippen molar-refractivity contribution in [2.75, 3.05) is 36.0 Å². The molecule has 2 aromatic heterocycles. The van der Waals surface area contributed by atoms with Gasteiger partial charge in [-0.1, -0.05) is 30.3 Å². The molecule has 178 valence electrons. The van der Waals surface area contributed by atoms with E-state index in [2.05, 4.69) is 37.4 Å². The maximum absolute atomic E-state index is 13.5. The highest BCUT2D eigenvalue weighted by Crippen LogP contribution is 2.35. The highest BCUT2D eigenvalue weighted by molar-refractivity contribution is 6.36. The molecule has 0 saturated carbocycles. The lowest BCUT2D eigenvalue weighted by molar-refractivity contribution is -0.131. The molecule has 5 rings (SSSR count). The molecule has 0 bridgehead atoms. The van der Waals surface area contributed by atoms with E-state index in [-0.39, 0.29) is 6.42 Å². The summed E-state index contributed by atoms with van der Waals surface area (Å²) < 4.78 is 13.5. The zero-order valence-electron chi connectivity index (χ0n) is 19.0. The lowest BCUT2D eigenvalue weighted by Gasteiger charge is -2.42. The fourth-order valence-electron chi connectivity index (χ4n) is 4.98. The number of nitriles is 1. The van der Waals surface area contributed by atoms with Crippen LogP contribution in [0.15, 0.2) is 49.3 Å². The van der Waals surface area contributed by atoms with Gasteiger partial charge in [-0.2, -0.15) is 5.26 Å². The Morgan fingerprint density at radius 2 is 2.09 bits per heavy atom. The smallest absolute Gasteiger partial charge is 0.282 e. The summed E-state index contributed by atoms with van der Waals surface area (Å²) in [7, 11) is 0. The molecule has 0 N–H and O–H groups in total. The third-order valence-corrected chi connectivity index (χ3v) is 6.95. The first-order valence-electron chi connectivity index (χ1n) is 11.3. The number of fused-ring (bicyclic) bond motifs is 2. The minimum absolute atomic E-state index is 0.103. The molecule has 35 heavy (non-hydrogen) atoms. The topological polar surface area (TPSA) is 89.2 Å². The van der Waals surface area contributed by atoms with E-state index in [0.29, 0.717) is 31.2 Å². The Labute approximate surface area is 207 Å². The molecule has 8 nitrogen and oxygen atoms in total. The molecule has 3 aromatic rings. The molecule has 1 unspecified atom stereocenters. The number of carbonyl (C=O) groups excluding carboxylic acids is 1. The number of hydrogen-bond donors (Lipinski definition) is 0. The summed E-state index contributed by atoms with van der Waals surface area (Å²) in [4.78, 5) is 31.4. The van der Waals surface area contributed by atoms with E-state index in [1.54, 1.807) is 6.33 Å². The monoisotopic (exact) mass is 491 g/mol. The van der Waals surface area contributed by atoms with Crippen molar-refractivity contribution in [2.45, 2.75) is 25.4 Å². The van der Waals surface area contributed by atoms with Crippen LogP contribution in [-0.4, -0.2) is 58.0 Å². The number of amides is 1. The maximum Gasteiger partial charge on any atom is 0.282 e. The molecule has 0 radical (unpaired) electrons. The molecule has 1 amide bonds. The minimum atomic E-state index is -1.01. The summed E-state index contributed by atoms with van der Waals surface area (Å²) in [5.41, 5.74) is 2.93. The summed E-state index contributed by atoms with van der Waals surface area (Å²) in [6.45, 7) is 5.61. The van der Waals surface area contributed by atoms with Crippen LogP contribution >= 0.6 is 11.6 Å².